The van der Waals surface area contributed by atoms with Gasteiger partial charge in [-0.3, -0.25) is 4.79 Å². The summed E-state index contributed by atoms with van der Waals surface area (Å²) in [7, 11) is 0. The number of fused-ring (bicyclic) bond motifs is 1. The number of anilines is 1. The van der Waals surface area contributed by atoms with Crippen LogP contribution >= 0.6 is 0 Å². The molecule has 4 heteroatoms. The van der Waals surface area contributed by atoms with E-state index in [0.29, 0.717) is 24.4 Å². The first kappa shape index (κ1) is 12.9. The molecule has 1 unspecified atom stereocenters. The zero-order valence-corrected chi connectivity index (χ0v) is 10.7. The van der Waals surface area contributed by atoms with E-state index in [1.165, 1.54) is 5.56 Å². The van der Waals surface area contributed by atoms with Gasteiger partial charge in [0.25, 0.3) is 5.91 Å². The predicted octanol–water partition coefficient (Wildman–Crippen LogP) is 1.40. The number of hydrogen-bond acceptors (Lipinski definition) is 3. The molecule has 1 aliphatic rings. The lowest BCUT2D eigenvalue weighted by Crippen LogP contribution is -2.28. The maximum atomic E-state index is 12.0. The van der Waals surface area contributed by atoms with Gasteiger partial charge >= 0.3 is 0 Å². The van der Waals surface area contributed by atoms with Crippen LogP contribution in [-0.4, -0.2) is 30.7 Å². The standard InChI is InChI=1S/C14H20N2O2/c1-10(5-7-17)9-16-14(18)12-2-3-13-11(8-12)4-6-15-13/h2-3,8,10,15,17H,4-7,9H2,1H3,(H,16,18). The molecule has 0 bridgehead atoms. The van der Waals surface area contributed by atoms with Crippen molar-refractivity contribution in [2.75, 3.05) is 25.0 Å². The third-order valence-electron chi connectivity index (χ3n) is 3.31. The maximum absolute atomic E-state index is 12.0. The summed E-state index contributed by atoms with van der Waals surface area (Å²) >= 11 is 0. The van der Waals surface area contributed by atoms with Gasteiger partial charge in [-0.15, -0.1) is 0 Å². The van der Waals surface area contributed by atoms with Crippen LogP contribution in [0, 0.1) is 5.92 Å². The summed E-state index contributed by atoms with van der Waals surface area (Å²) in [5.41, 5.74) is 3.07. The minimum Gasteiger partial charge on any atom is -0.396 e. The molecule has 1 heterocycles. The highest BCUT2D eigenvalue weighted by Crippen LogP contribution is 2.22. The molecule has 3 N–H and O–H groups in total. The van der Waals surface area contributed by atoms with Crippen molar-refractivity contribution in [3.05, 3.63) is 29.3 Å². The molecule has 0 radical (unpaired) electrons. The molecule has 1 amide bonds. The Morgan fingerprint density at radius 2 is 2.39 bits per heavy atom. The zero-order chi connectivity index (χ0) is 13.0. The predicted molar refractivity (Wildman–Crippen MR) is 71.8 cm³/mol. The van der Waals surface area contributed by atoms with Gasteiger partial charge < -0.3 is 15.7 Å². The Morgan fingerprint density at radius 3 is 3.17 bits per heavy atom. The van der Waals surface area contributed by atoms with Gasteiger partial charge in [0.15, 0.2) is 0 Å². The molecule has 18 heavy (non-hydrogen) atoms. The molecular weight excluding hydrogens is 228 g/mol. The van der Waals surface area contributed by atoms with Crippen LogP contribution in [0.5, 0.6) is 0 Å². The van der Waals surface area contributed by atoms with Gasteiger partial charge in [0.05, 0.1) is 0 Å². The van der Waals surface area contributed by atoms with Crippen LogP contribution in [0.2, 0.25) is 0 Å². The Morgan fingerprint density at radius 1 is 1.56 bits per heavy atom. The molecule has 1 atom stereocenters. The van der Waals surface area contributed by atoms with E-state index in [1.807, 2.05) is 25.1 Å². The summed E-state index contributed by atoms with van der Waals surface area (Å²) in [4.78, 5) is 12.0. The van der Waals surface area contributed by atoms with Crippen molar-refractivity contribution in [3.8, 4) is 0 Å². The van der Waals surface area contributed by atoms with Gasteiger partial charge in [0, 0.05) is 30.9 Å². The molecule has 0 saturated heterocycles. The average Bonchev–Trinajstić information content (AvgIpc) is 2.83. The van der Waals surface area contributed by atoms with Crippen LogP contribution in [-0.2, 0) is 6.42 Å². The summed E-state index contributed by atoms with van der Waals surface area (Å²) in [6.45, 7) is 3.74. The minimum absolute atomic E-state index is 0.0329. The van der Waals surface area contributed by atoms with Crippen molar-refractivity contribution in [2.45, 2.75) is 19.8 Å². The highest BCUT2D eigenvalue weighted by atomic mass is 16.3. The third-order valence-corrected chi connectivity index (χ3v) is 3.31. The van der Waals surface area contributed by atoms with Crippen LogP contribution in [0.4, 0.5) is 5.69 Å². The molecule has 0 saturated carbocycles. The monoisotopic (exact) mass is 248 g/mol. The van der Waals surface area contributed by atoms with E-state index in [-0.39, 0.29) is 12.5 Å². The topological polar surface area (TPSA) is 61.4 Å². The van der Waals surface area contributed by atoms with Crippen molar-refractivity contribution in [2.24, 2.45) is 5.92 Å². The molecule has 0 aliphatic carbocycles. The van der Waals surface area contributed by atoms with Crippen molar-refractivity contribution in [1.29, 1.82) is 0 Å². The third kappa shape index (κ3) is 3.01. The normalized spacial score (nSPS) is 14.8. The molecule has 98 valence electrons. The first-order valence-electron chi connectivity index (χ1n) is 6.46. The largest absolute Gasteiger partial charge is 0.396 e. The Bertz CT molecular complexity index is 432. The SMILES string of the molecule is CC(CCO)CNC(=O)c1ccc2c(c1)CCN2. The van der Waals surface area contributed by atoms with E-state index >= 15 is 0 Å². The Kier molecular flexibility index (Phi) is 4.20. The zero-order valence-electron chi connectivity index (χ0n) is 10.7. The van der Waals surface area contributed by atoms with E-state index in [4.69, 9.17) is 5.11 Å². The summed E-state index contributed by atoms with van der Waals surface area (Å²) in [5, 5.41) is 15.0. The molecule has 0 fully saturated rings. The lowest BCUT2D eigenvalue weighted by atomic mass is 10.1. The van der Waals surface area contributed by atoms with E-state index in [1.54, 1.807) is 0 Å². The van der Waals surface area contributed by atoms with Gasteiger partial charge in [-0.2, -0.15) is 0 Å². The van der Waals surface area contributed by atoms with Crippen LogP contribution in [0.1, 0.15) is 29.3 Å². The second-order valence-corrected chi connectivity index (χ2v) is 4.88. The average molecular weight is 248 g/mol. The Labute approximate surface area is 107 Å². The van der Waals surface area contributed by atoms with Crippen molar-refractivity contribution < 1.29 is 9.90 Å². The number of nitrogens with one attached hydrogen (secondary N) is 2. The van der Waals surface area contributed by atoms with Crippen molar-refractivity contribution >= 4 is 11.6 Å². The Balaban J connectivity index is 1.93. The smallest absolute Gasteiger partial charge is 0.251 e. The highest BCUT2D eigenvalue weighted by Gasteiger charge is 2.13. The first-order chi connectivity index (χ1) is 8.70. The van der Waals surface area contributed by atoms with Crippen molar-refractivity contribution in [1.82, 2.24) is 5.32 Å². The molecule has 1 aromatic carbocycles. The number of carbonyl (C=O) groups excluding carboxylic acids is 1. The molecule has 2 rings (SSSR count). The lowest BCUT2D eigenvalue weighted by Gasteiger charge is -2.11. The number of amides is 1. The summed E-state index contributed by atoms with van der Waals surface area (Å²) < 4.78 is 0. The van der Waals surface area contributed by atoms with Gasteiger partial charge in [0.2, 0.25) is 0 Å². The molecule has 1 aliphatic heterocycles. The molecule has 0 aromatic heterocycles. The highest BCUT2D eigenvalue weighted by molar-refractivity contribution is 5.95. The van der Waals surface area contributed by atoms with Gasteiger partial charge in [-0.05, 0) is 42.5 Å². The van der Waals surface area contributed by atoms with E-state index in [2.05, 4.69) is 10.6 Å². The fraction of sp³-hybridized carbons (Fsp3) is 0.500. The molecule has 1 aromatic rings. The van der Waals surface area contributed by atoms with Gasteiger partial charge in [-0.25, -0.2) is 0 Å². The van der Waals surface area contributed by atoms with E-state index in [0.717, 1.165) is 18.7 Å². The number of rotatable bonds is 5. The second-order valence-electron chi connectivity index (χ2n) is 4.88. The molecular formula is C14H20N2O2. The number of hydrogen-bond donors (Lipinski definition) is 3. The number of aliphatic hydroxyl groups excluding tert-OH is 1. The second kappa shape index (κ2) is 5.87. The molecule has 4 nitrogen and oxygen atoms in total. The van der Waals surface area contributed by atoms with E-state index in [9.17, 15) is 4.79 Å². The maximum Gasteiger partial charge on any atom is 0.251 e. The van der Waals surface area contributed by atoms with Crippen molar-refractivity contribution in [3.63, 3.8) is 0 Å². The van der Waals surface area contributed by atoms with Crippen LogP contribution in [0.15, 0.2) is 18.2 Å². The van der Waals surface area contributed by atoms with Crippen LogP contribution < -0.4 is 10.6 Å². The van der Waals surface area contributed by atoms with Crippen LogP contribution in [0.25, 0.3) is 0 Å². The summed E-state index contributed by atoms with van der Waals surface area (Å²) in [6.07, 6.45) is 1.70. The van der Waals surface area contributed by atoms with Gasteiger partial charge in [-0.1, -0.05) is 6.92 Å². The molecule has 0 spiro atoms. The fourth-order valence-corrected chi connectivity index (χ4v) is 2.14. The summed E-state index contributed by atoms with van der Waals surface area (Å²) in [6, 6.07) is 5.78. The van der Waals surface area contributed by atoms with Gasteiger partial charge in [0.1, 0.15) is 0 Å². The minimum atomic E-state index is -0.0329. The lowest BCUT2D eigenvalue weighted by molar-refractivity contribution is 0.0945. The number of aliphatic hydroxyl groups is 1. The quantitative estimate of drug-likeness (QED) is 0.738. The Hall–Kier alpha value is -1.55. The fourth-order valence-electron chi connectivity index (χ4n) is 2.14. The number of benzene rings is 1. The van der Waals surface area contributed by atoms with E-state index < -0.39 is 0 Å². The summed E-state index contributed by atoms with van der Waals surface area (Å²) in [5.74, 6) is 0.268. The van der Waals surface area contributed by atoms with Crippen LogP contribution in [0.3, 0.4) is 0 Å². The number of carbonyl (C=O) groups is 1. The first-order valence-corrected chi connectivity index (χ1v) is 6.46.